The van der Waals surface area contributed by atoms with Gasteiger partial charge in [-0.05, 0) is 61.7 Å². The fourth-order valence-electron chi connectivity index (χ4n) is 3.81. The lowest BCUT2D eigenvalue weighted by atomic mass is 10.0. The zero-order valence-corrected chi connectivity index (χ0v) is 25.1. The molecule has 8 heteroatoms. The molecule has 3 rings (SSSR count). The van der Waals surface area contributed by atoms with Crippen LogP contribution in [-0.2, 0) is 28.3 Å². The number of hydrogen-bond donors (Lipinski definition) is 1. The van der Waals surface area contributed by atoms with Crippen molar-refractivity contribution in [2.45, 2.75) is 51.1 Å². The second kappa shape index (κ2) is 13.7. The molecule has 1 N–H and O–H groups in total. The van der Waals surface area contributed by atoms with Gasteiger partial charge in [-0.3, -0.25) is 9.59 Å². The molecule has 0 heterocycles. The fraction of sp³-hybridized carbons (Fsp3) is 0.310. The summed E-state index contributed by atoms with van der Waals surface area (Å²) in [5, 5.41) is 4.08. The van der Waals surface area contributed by atoms with Crippen molar-refractivity contribution in [2.75, 3.05) is 5.75 Å². The largest absolute Gasteiger partial charge is 0.350 e. The van der Waals surface area contributed by atoms with Gasteiger partial charge in [-0.1, -0.05) is 87.7 Å². The van der Waals surface area contributed by atoms with Crippen LogP contribution in [-0.4, -0.2) is 34.0 Å². The van der Waals surface area contributed by atoms with Crippen molar-refractivity contribution in [2.24, 2.45) is 0 Å². The van der Waals surface area contributed by atoms with Crippen molar-refractivity contribution in [3.05, 3.63) is 104 Å². The highest BCUT2D eigenvalue weighted by Crippen LogP contribution is 2.25. The zero-order chi connectivity index (χ0) is 27.0. The van der Waals surface area contributed by atoms with Gasteiger partial charge in [0, 0.05) is 28.7 Å². The smallest absolute Gasteiger partial charge is 0.243 e. The quantitative estimate of drug-likeness (QED) is 0.254. The summed E-state index contributed by atoms with van der Waals surface area (Å²) in [6.45, 7) is 6.15. The molecule has 3 aromatic carbocycles. The predicted molar refractivity (Wildman–Crippen MR) is 159 cm³/mol. The number of nitrogens with one attached hydrogen (secondary N) is 1. The molecule has 37 heavy (non-hydrogen) atoms. The summed E-state index contributed by atoms with van der Waals surface area (Å²) in [4.78, 5) is 29.0. The minimum absolute atomic E-state index is 0.102. The normalized spacial score (nSPS) is 12.2. The van der Waals surface area contributed by atoms with Crippen molar-refractivity contribution in [3.8, 4) is 0 Å². The van der Waals surface area contributed by atoms with E-state index in [1.165, 1.54) is 11.8 Å². The molecule has 0 aliphatic rings. The van der Waals surface area contributed by atoms with Gasteiger partial charge in [-0.15, -0.1) is 11.8 Å². The lowest BCUT2D eigenvalue weighted by Crippen LogP contribution is -2.54. The summed E-state index contributed by atoms with van der Waals surface area (Å²) in [7, 11) is 0. The van der Waals surface area contributed by atoms with Gasteiger partial charge >= 0.3 is 0 Å². The van der Waals surface area contributed by atoms with E-state index in [-0.39, 0.29) is 17.6 Å². The molecule has 0 spiro atoms. The number of rotatable bonds is 10. The van der Waals surface area contributed by atoms with Crippen LogP contribution in [0.15, 0.2) is 77.3 Å². The molecule has 4 nitrogen and oxygen atoms in total. The molecule has 1 atom stereocenters. The Kier molecular flexibility index (Phi) is 10.9. The molecule has 196 valence electrons. The van der Waals surface area contributed by atoms with E-state index in [0.717, 1.165) is 21.2 Å². The molecule has 0 bridgehead atoms. The minimum atomic E-state index is -0.668. The third-order valence-corrected chi connectivity index (χ3v) is 7.71. The Bertz CT molecular complexity index is 1220. The third-order valence-electron chi connectivity index (χ3n) is 5.49. The molecular weight excluding hydrogens is 591 g/mol. The number of amides is 2. The van der Waals surface area contributed by atoms with Crippen LogP contribution >= 0.6 is 50.9 Å². The lowest BCUT2D eigenvalue weighted by molar-refractivity contribution is -0.140. The van der Waals surface area contributed by atoms with Gasteiger partial charge < -0.3 is 10.2 Å². The number of carbonyl (C=O) groups is 2. The number of thioether (sulfide) groups is 1. The Morgan fingerprint density at radius 1 is 0.919 bits per heavy atom. The summed E-state index contributed by atoms with van der Waals surface area (Å²) < 4.78 is 0.921. The Balaban J connectivity index is 1.87. The molecule has 0 unspecified atom stereocenters. The standard InChI is InChI=1S/C29H31BrCl2N2O2S/c1-29(2,3)33-28(36)26(16-20-8-5-4-6-9-20)34(17-21-10-7-11-23(30)14-21)27(35)19-37-18-22-12-13-24(31)25(32)15-22/h4-15,26H,16-19H2,1-3H3,(H,33,36)/t26-/m1/s1. The van der Waals surface area contributed by atoms with Crippen LogP contribution < -0.4 is 5.32 Å². The number of halogens is 3. The molecule has 0 aromatic heterocycles. The van der Waals surface area contributed by atoms with E-state index in [9.17, 15) is 9.59 Å². The first-order chi connectivity index (χ1) is 17.5. The molecule has 0 aliphatic carbocycles. The molecule has 0 aliphatic heterocycles. The zero-order valence-electron chi connectivity index (χ0n) is 21.1. The van der Waals surface area contributed by atoms with Gasteiger partial charge in [0.1, 0.15) is 6.04 Å². The van der Waals surface area contributed by atoms with E-state index in [1.54, 1.807) is 11.0 Å². The summed E-state index contributed by atoms with van der Waals surface area (Å²) in [5.41, 5.74) is 2.49. The molecule has 3 aromatic rings. The molecule has 0 saturated carbocycles. The minimum Gasteiger partial charge on any atom is -0.350 e. The maximum absolute atomic E-state index is 13.7. The van der Waals surface area contributed by atoms with Gasteiger partial charge in [-0.2, -0.15) is 0 Å². The summed E-state index contributed by atoms with van der Waals surface area (Å²) >= 11 is 17.2. The maximum atomic E-state index is 13.7. The second-order valence-electron chi connectivity index (χ2n) is 9.84. The summed E-state index contributed by atoms with van der Waals surface area (Å²) in [6, 6.07) is 22.4. The van der Waals surface area contributed by atoms with Crippen LogP contribution in [0.25, 0.3) is 0 Å². The predicted octanol–water partition coefficient (Wildman–Crippen LogP) is 7.54. The second-order valence-corrected chi connectivity index (χ2v) is 12.6. The van der Waals surface area contributed by atoms with E-state index in [2.05, 4.69) is 21.2 Å². The highest BCUT2D eigenvalue weighted by Gasteiger charge is 2.32. The van der Waals surface area contributed by atoms with Crippen molar-refractivity contribution >= 4 is 62.7 Å². The average molecular weight is 622 g/mol. The van der Waals surface area contributed by atoms with Crippen LogP contribution in [0.1, 0.15) is 37.5 Å². The summed E-state index contributed by atoms with van der Waals surface area (Å²) in [6.07, 6.45) is 0.417. The first kappa shape index (κ1) is 29.6. The van der Waals surface area contributed by atoms with Crippen molar-refractivity contribution in [1.29, 1.82) is 0 Å². The Morgan fingerprint density at radius 3 is 2.27 bits per heavy atom. The van der Waals surface area contributed by atoms with Gasteiger partial charge in [-0.25, -0.2) is 0 Å². The average Bonchev–Trinajstić information content (AvgIpc) is 2.83. The molecule has 0 radical (unpaired) electrons. The molecule has 2 amide bonds. The molecule has 0 fully saturated rings. The van der Waals surface area contributed by atoms with Gasteiger partial charge in [0.05, 0.1) is 15.8 Å². The van der Waals surface area contributed by atoms with Crippen molar-refractivity contribution in [1.82, 2.24) is 10.2 Å². The van der Waals surface area contributed by atoms with Crippen LogP contribution in [0.5, 0.6) is 0 Å². The lowest BCUT2D eigenvalue weighted by Gasteiger charge is -2.34. The summed E-state index contributed by atoms with van der Waals surface area (Å²) in [5.74, 6) is 0.553. The Morgan fingerprint density at radius 2 is 1.62 bits per heavy atom. The third kappa shape index (κ3) is 9.68. The first-order valence-corrected chi connectivity index (χ1v) is 14.6. The van der Waals surface area contributed by atoms with E-state index < -0.39 is 11.6 Å². The molecular formula is C29H31BrCl2N2O2S. The van der Waals surface area contributed by atoms with E-state index >= 15 is 0 Å². The van der Waals surface area contributed by atoms with E-state index in [0.29, 0.717) is 28.8 Å². The van der Waals surface area contributed by atoms with Crippen molar-refractivity contribution < 1.29 is 9.59 Å². The SMILES string of the molecule is CC(C)(C)NC(=O)[C@@H](Cc1ccccc1)N(Cc1cccc(Br)c1)C(=O)CSCc1ccc(Cl)c(Cl)c1. The van der Waals surface area contributed by atoms with Crippen LogP contribution in [0.3, 0.4) is 0 Å². The number of benzene rings is 3. The van der Waals surface area contributed by atoms with E-state index in [4.69, 9.17) is 23.2 Å². The van der Waals surface area contributed by atoms with Crippen LogP contribution in [0, 0.1) is 0 Å². The van der Waals surface area contributed by atoms with Gasteiger partial charge in [0.2, 0.25) is 11.8 Å². The topological polar surface area (TPSA) is 49.4 Å². The highest BCUT2D eigenvalue weighted by atomic mass is 79.9. The first-order valence-electron chi connectivity index (χ1n) is 11.9. The van der Waals surface area contributed by atoms with Gasteiger partial charge in [0.15, 0.2) is 0 Å². The van der Waals surface area contributed by atoms with Crippen LogP contribution in [0.2, 0.25) is 10.0 Å². The van der Waals surface area contributed by atoms with Crippen LogP contribution in [0.4, 0.5) is 0 Å². The van der Waals surface area contributed by atoms with Gasteiger partial charge in [0.25, 0.3) is 0 Å². The van der Waals surface area contributed by atoms with Crippen molar-refractivity contribution in [3.63, 3.8) is 0 Å². The fourth-order valence-corrected chi connectivity index (χ4v) is 5.43. The number of carbonyl (C=O) groups excluding carboxylic acids is 2. The number of nitrogens with zero attached hydrogens (tertiary/aromatic N) is 1. The van der Waals surface area contributed by atoms with E-state index in [1.807, 2.05) is 87.5 Å². The number of hydrogen-bond acceptors (Lipinski definition) is 3. The molecule has 0 saturated heterocycles. The highest BCUT2D eigenvalue weighted by molar-refractivity contribution is 9.10. The monoisotopic (exact) mass is 620 g/mol. The Labute approximate surface area is 242 Å². The maximum Gasteiger partial charge on any atom is 0.243 e. The Hall–Kier alpha value is -1.99.